The van der Waals surface area contributed by atoms with Gasteiger partial charge in [0.15, 0.2) is 0 Å². The minimum Gasteiger partial charge on any atom is -0.406 e. The molecule has 2 saturated carbocycles. The van der Waals surface area contributed by atoms with E-state index in [1.54, 1.807) is 12.1 Å². The van der Waals surface area contributed by atoms with Gasteiger partial charge in [0.2, 0.25) is 0 Å². The van der Waals surface area contributed by atoms with Gasteiger partial charge in [0.25, 0.3) is 0 Å². The van der Waals surface area contributed by atoms with Gasteiger partial charge in [0, 0.05) is 5.56 Å². The normalized spacial score (nSPS) is 27.0. The highest BCUT2D eigenvalue weighted by Gasteiger charge is 2.31. The SMILES string of the molecule is CC[C@H]1CC[C@H](CCC2CCC(/C=C/C#Cc3ccc(OC(F)(F)F)cc3)CC2)CC1. The maximum absolute atomic E-state index is 12.2. The van der Waals surface area contributed by atoms with Crippen LogP contribution in [0.3, 0.4) is 0 Å². The molecule has 170 valence electrons. The quantitative estimate of drug-likeness (QED) is 0.411. The number of rotatable bonds is 6. The Balaban J connectivity index is 1.34. The zero-order valence-electron chi connectivity index (χ0n) is 18.6. The molecule has 1 aromatic rings. The zero-order chi connectivity index (χ0) is 22.1. The molecule has 0 atom stereocenters. The topological polar surface area (TPSA) is 9.23 Å². The molecule has 1 aromatic carbocycles. The monoisotopic (exact) mass is 432 g/mol. The van der Waals surface area contributed by atoms with Gasteiger partial charge >= 0.3 is 6.36 Å². The second-order valence-electron chi connectivity index (χ2n) is 9.35. The van der Waals surface area contributed by atoms with Gasteiger partial charge in [-0.1, -0.05) is 69.8 Å². The van der Waals surface area contributed by atoms with Gasteiger partial charge in [0.05, 0.1) is 0 Å². The molecule has 4 heteroatoms. The largest absolute Gasteiger partial charge is 0.573 e. The molecule has 0 saturated heterocycles. The predicted octanol–water partition coefficient (Wildman–Crippen LogP) is 8.30. The first kappa shape index (κ1) is 23.8. The lowest BCUT2D eigenvalue weighted by Crippen LogP contribution is -2.17. The molecule has 0 amide bonds. The first-order valence-electron chi connectivity index (χ1n) is 11.9. The van der Waals surface area contributed by atoms with Crippen LogP contribution in [0.4, 0.5) is 13.2 Å². The summed E-state index contributed by atoms with van der Waals surface area (Å²) < 4.78 is 40.4. The number of halogens is 3. The van der Waals surface area contributed by atoms with Crippen molar-refractivity contribution in [2.45, 2.75) is 83.9 Å². The highest BCUT2D eigenvalue weighted by molar-refractivity contribution is 5.40. The van der Waals surface area contributed by atoms with Crippen LogP contribution >= 0.6 is 0 Å². The molecule has 0 aromatic heterocycles. The zero-order valence-corrected chi connectivity index (χ0v) is 18.6. The number of allylic oxidation sites excluding steroid dienone is 2. The highest BCUT2D eigenvalue weighted by Crippen LogP contribution is 2.37. The van der Waals surface area contributed by atoms with Crippen LogP contribution in [0.2, 0.25) is 0 Å². The molecule has 3 rings (SSSR count). The second kappa shape index (κ2) is 11.7. The molecule has 1 nitrogen and oxygen atoms in total. The van der Waals surface area contributed by atoms with Crippen molar-refractivity contribution in [1.82, 2.24) is 0 Å². The second-order valence-corrected chi connectivity index (χ2v) is 9.35. The smallest absolute Gasteiger partial charge is 0.406 e. The Kier molecular flexibility index (Phi) is 8.93. The fourth-order valence-electron chi connectivity index (χ4n) is 5.12. The van der Waals surface area contributed by atoms with Crippen molar-refractivity contribution in [1.29, 1.82) is 0 Å². The van der Waals surface area contributed by atoms with Crippen LogP contribution in [0.1, 0.15) is 83.1 Å². The third-order valence-corrected chi connectivity index (χ3v) is 7.17. The van der Waals surface area contributed by atoms with Gasteiger partial charge in [-0.15, -0.1) is 13.2 Å². The molecule has 0 aliphatic heterocycles. The average molecular weight is 433 g/mol. The predicted molar refractivity (Wildman–Crippen MR) is 120 cm³/mol. The molecule has 31 heavy (non-hydrogen) atoms. The maximum Gasteiger partial charge on any atom is 0.573 e. The molecule has 2 aliphatic carbocycles. The van der Waals surface area contributed by atoms with E-state index in [0.717, 1.165) is 17.8 Å². The summed E-state index contributed by atoms with van der Waals surface area (Å²) in [5.74, 6) is 9.23. The Morgan fingerprint density at radius 2 is 1.42 bits per heavy atom. The molecule has 2 fully saturated rings. The summed E-state index contributed by atoms with van der Waals surface area (Å²) in [4.78, 5) is 0. The summed E-state index contributed by atoms with van der Waals surface area (Å²) in [6.45, 7) is 2.33. The van der Waals surface area contributed by atoms with Crippen LogP contribution < -0.4 is 4.74 Å². The molecule has 0 heterocycles. The van der Waals surface area contributed by atoms with E-state index < -0.39 is 6.36 Å². The minimum absolute atomic E-state index is 0.223. The van der Waals surface area contributed by atoms with Crippen molar-refractivity contribution in [3.63, 3.8) is 0 Å². The molecule has 0 radical (unpaired) electrons. The van der Waals surface area contributed by atoms with Crippen LogP contribution in [0.5, 0.6) is 5.75 Å². The van der Waals surface area contributed by atoms with E-state index >= 15 is 0 Å². The fraction of sp³-hybridized carbons (Fsp3) is 0.630. The summed E-state index contributed by atoms with van der Waals surface area (Å²) in [7, 11) is 0. The van der Waals surface area contributed by atoms with Crippen LogP contribution in [0.25, 0.3) is 0 Å². The highest BCUT2D eigenvalue weighted by atomic mass is 19.4. The van der Waals surface area contributed by atoms with Crippen LogP contribution in [-0.2, 0) is 0 Å². The Bertz CT molecular complexity index is 737. The standard InChI is InChI=1S/C27H35F3O/c1-2-21-7-9-24(10-8-21)15-16-25-13-11-22(12-14-25)5-3-4-6-23-17-19-26(20-18-23)31-27(28,29)30/h3,5,17-22,24-25H,2,7-16H2,1H3/b5-3+/t21-,22?,24-,25?. The van der Waals surface area contributed by atoms with Crippen molar-refractivity contribution in [3.05, 3.63) is 42.0 Å². The minimum atomic E-state index is -4.66. The van der Waals surface area contributed by atoms with E-state index in [1.807, 2.05) is 6.08 Å². The number of alkyl halides is 3. The van der Waals surface area contributed by atoms with Gasteiger partial charge in [-0.3, -0.25) is 0 Å². The van der Waals surface area contributed by atoms with E-state index in [9.17, 15) is 13.2 Å². The summed E-state index contributed by atoms with van der Waals surface area (Å²) in [5, 5.41) is 0. The van der Waals surface area contributed by atoms with E-state index in [1.165, 1.54) is 82.8 Å². The molecule has 0 unspecified atom stereocenters. The van der Waals surface area contributed by atoms with E-state index in [-0.39, 0.29) is 5.75 Å². The van der Waals surface area contributed by atoms with Gasteiger partial charge in [0.1, 0.15) is 5.75 Å². The number of ether oxygens (including phenoxy) is 1. The molecular weight excluding hydrogens is 397 g/mol. The molecule has 0 spiro atoms. The Morgan fingerprint density at radius 3 is 1.97 bits per heavy atom. The van der Waals surface area contributed by atoms with Crippen molar-refractivity contribution in [2.24, 2.45) is 23.7 Å². The summed E-state index contributed by atoms with van der Waals surface area (Å²) in [6, 6.07) is 5.67. The third kappa shape index (κ3) is 8.63. The van der Waals surface area contributed by atoms with E-state index in [2.05, 4.69) is 29.6 Å². The van der Waals surface area contributed by atoms with Crippen LogP contribution in [0, 0.1) is 35.5 Å². The van der Waals surface area contributed by atoms with Gasteiger partial charge in [-0.25, -0.2) is 0 Å². The first-order valence-corrected chi connectivity index (χ1v) is 11.9. The number of benzene rings is 1. The van der Waals surface area contributed by atoms with E-state index in [0.29, 0.717) is 11.5 Å². The van der Waals surface area contributed by atoms with Gasteiger partial charge in [-0.2, -0.15) is 0 Å². The van der Waals surface area contributed by atoms with Crippen LogP contribution in [0.15, 0.2) is 36.4 Å². The molecule has 2 aliphatic rings. The summed E-state index contributed by atoms with van der Waals surface area (Å²) >= 11 is 0. The first-order chi connectivity index (χ1) is 14.9. The lowest BCUT2D eigenvalue weighted by Gasteiger charge is -2.31. The van der Waals surface area contributed by atoms with Crippen molar-refractivity contribution in [2.75, 3.05) is 0 Å². The number of hydrogen-bond donors (Lipinski definition) is 0. The Morgan fingerprint density at radius 1 is 0.871 bits per heavy atom. The molecular formula is C27H35F3O. The average Bonchev–Trinajstić information content (AvgIpc) is 2.76. The Hall–Kier alpha value is -1.89. The summed E-state index contributed by atoms with van der Waals surface area (Å²) in [6.07, 6.45) is 14.6. The summed E-state index contributed by atoms with van der Waals surface area (Å²) in [5.41, 5.74) is 0.677. The lowest BCUT2D eigenvalue weighted by molar-refractivity contribution is -0.274. The maximum atomic E-state index is 12.2. The fourth-order valence-corrected chi connectivity index (χ4v) is 5.12. The molecule has 0 N–H and O–H groups in total. The van der Waals surface area contributed by atoms with Crippen molar-refractivity contribution in [3.8, 4) is 17.6 Å². The lowest BCUT2D eigenvalue weighted by atomic mass is 9.75. The van der Waals surface area contributed by atoms with Crippen molar-refractivity contribution >= 4 is 0 Å². The third-order valence-electron chi connectivity index (χ3n) is 7.17. The number of hydrogen-bond acceptors (Lipinski definition) is 1. The van der Waals surface area contributed by atoms with E-state index in [4.69, 9.17) is 0 Å². The van der Waals surface area contributed by atoms with Crippen LogP contribution in [-0.4, -0.2) is 6.36 Å². The Labute approximate surface area is 185 Å². The van der Waals surface area contributed by atoms with Crippen molar-refractivity contribution < 1.29 is 17.9 Å². The van der Waals surface area contributed by atoms with Gasteiger partial charge in [-0.05, 0) is 79.7 Å². The molecule has 0 bridgehead atoms. The van der Waals surface area contributed by atoms with Gasteiger partial charge < -0.3 is 4.74 Å².